The molecular weight excluding hydrogens is 539 g/mol. The number of aromatic nitrogens is 1. The number of aliphatic hydroxyl groups is 1. The Kier molecular flexibility index (Phi) is 12.8. The molecule has 2 atom stereocenters. The van der Waals surface area contributed by atoms with E-state index in [4.69, 9.17) is 16.3 Å². The van der Waals surface area contributed by atoms with Gasteiger partial charge < -0.3 is 20.1 Å². The van der Waals surface area contributed by atoms with Crippen molar-refractivity contribution < 1.29 is 28.6 Å². The summed E-state index contributed by atoms with van der Waals surface area (Å²) < 4.78 is 19.1. The normalized spacial score (nSPS) is 12.1. The average Bonchev–Trinajstić information content (AvgIpc) is 2.92. The standard InChI is InChI=1S/C28H32ClFN4O5.CH4/c1-18(35)15-32-25(36)12-11-22(34(2)26(37)13-10-19-8-5-9-23(30)27(19)29)17-39-28(38)33-24-14-20-6-3-4-7-21(20)16-31-24;/h3-9,14,16,18,22,35H,10-13,15,17H2,1-2H3,(H,32,36)(H,31,33,38);1H4/t18-,22+;/m1./s1. The first-order valence-corrected chi connectivity index (χ1v) is 12.9. The number of rotatable bonds is 12. The number of hydrogen-bond donors (Lipinski definition) is 3. The van der Waals surface area contributed by atoms with Gasteiger partial charge in [-0.15, -0.1) is 0 Å². The number of fused-ring (bicyclic) bond motifs is 1. The molecule has 1 heterocycles. The van der Waals surface area contributed by atoms with Crippen LogP contribution in [0.15, 0.2) is 54.7 Å². The molecule has 11 heteroatoms. The van der Waals surface area contributed by atoms with Crippen molar-refractivity contribution in [1.29, 1.82) is 0 Å². The lowest BCUT2D eigenvalue weighted by Gasteiger charge is -2.28. The van der Waals surface area contributed by atoms with Crippen LogP contribution in [0.4, 0.5) is 15.0 Å². The van der Waals surface area contributed by atoms with E-state index in [1.165, 1.54) is 17.0 Å². The van der Waals surface area contributed by atoms with Gasteiger partial charge in [0.25, 0.3) is 0 Å². The first-order chi connectivity index (χ1) is 18.6. The molecule has 0 aliphatic heterocycles. The number of carbonyl (C=O) groups is 3. The van der Waals surface area contributed by atoms with E-state index in [-0.39, 0.29) is 63.1 Å². The van der Waals surface area contributed by atoms with Gasteiger partial charge in [0.05, 0.1) is 17.2 Å². The summed E-state index contributed by atoms with van der Waals surface area (Å²) in [7, 11) is 1.56. The van der Waals surface area contributed by atoms with Crippen LogP contribution in [0.2, 0.25) is 5.02 Å². The highest BCUT2D eigenvalue weighted by Gasteiger charge is 2.23. The molecule has 1 aromatic heterocycles. The van der Waals surface area contributed by atoms with E-state index in [0.29, 0.717) is 11.4 Å². The van der Waals surface area contributed by atoms with Crippen molar-refractivity contribution in [3.8, 4) is 0 Å². The molecule has 0 aliphatic carbocycles. The first-order valence-electron chi connectivity index (χ1n) is 12.6. The molecule has 3 aromatic rings. The lowest BCUT2D eigenvalue weighted by Crippen LogP contribution is -2.42. The third-order valence-corrected chi connectivity index (χ3v) is 6.57. The van der Waals surface area contributed by atoms with E-state index in [9.17, 15) is 23.9 Å². The van der Waals surface area contributed by atoms with Crippen molar-refractivity contribution in [1.82, 2.24) is 15.2 Å². The van der Waals surface area contributed by atoms with Crippen molar-refractivity contribution in [3.05, 3.63) is 71.1 Å². The molecule has 0 radical (unpaired) electrons. The van der Waals surface area contributed by atoms with Crippen LogP contribution >= 0.6 is 11.6 Å². The molecule has 3 amide bonds. The van der Waals surface area contributed by atoms with Crippen LogP contribution in [0.3, 0.4) is 0 Å². The lowest BCUT2D eigenvalue weighted by molar-refractivity contribution is -0.133. The fraction of sp³-hybridized carbons (Fsp3) is 0.379. The van der Waals surface area contributed by atoms with Gasteiger partial charge in [0.15, 0.2) is 0 Å². The Morgan fingerprint density at radius 1 is 1.12 bits per heavy atom. The zero-order valence-electron chi connectivity index (χ0n) is 21.8. The van der Waals surface area contributed by atoms with Gasteiger partial charge in [-0.1, -0.05) is 55.4 Å². The summed E-state index contributed by atoms with van der Waals surface area (Å²) in [5.74, 6) is -0.844. The minimum atomic E-state index is -0.756. The fourth-order valence-electron chi connectivity index (χ4n) is 3.86. The van der Waals surface area contributed by atoms with Gasteiger partial charge in [-0.2, -0.15) is 0 Å². The quantitative estimate of drug-likeness (QED) is 0.281. The molecule has 2 aromatic carbocycles. The number of nitrogens with zero attached hydrogens (tertiary/aromatic N) is 2. The summed E-state index contributed by atoms with van der Waals surface area (Å²) in [5, 5.41) is 16.4. The SMILES string of the molecule is C.C[C@@H](O)CNC(=O)CC[C@@H](COC(=O)Nc1cc2ccccc2cn1)N(C)C(=O)CCc1cccc(F)c1Cl. The Morgan fingerprint density at radius 3 is 2.58 bits per heavy atom. The smallest absolute Gasteiger partial charge is 0.412 e. The maximum atomic E-state index is 13.7. The largest absolute Gasteiger partial charge is 0.447 e. The fourth-order valence-corrected chi connectivity index (χ4v) is 4.08. The third kappa shape index (κ3) is 9.77. The Bertz CT molecular complexity index is 1310. The average molecular weight is 575 g/mol. The molecule has 0 spiro atoms. The Morgan fingerprint density at radius 2 is 1.85 bits per heavy atom. The summed E-state index contributed by atoms with van der Waals surface area (Å²) in [6.07, 6.45) is 0.691. The van der Waals surface area contributed by atoms with Gasteiger partial charge in [-0.25, -0.2) is 14.2 Å². The Labute approximate surface area is 238 Å². The van der Waals surface area contributed by atoms with Crippen molar-refractivity contribution >= 4 is 46.1 Å². The van der Waals surface area contributed by atoms with E-state index in [1.807, 2.05) is 24.3 Å². The molecule has 40 heavy (non-hydrogen) atoms. The molecule has 0 bridgehead atoms. The van der Waals surface area contributed by atoms with Crippen molar-refractivity contribution in [2.45, 2.75) is 52.2 Å². The maximum absolute atomic E-state index is 13.7. The molecule has 0 saturated carbocycles. The molecule has 0 unspecified atom stereocenters. The Hall–Kier alpha value is -3.76. The minimum absolute atomic E-state index is 0. The van der Waals surface area contributed by atoms with Gasteiger partial charge in [0, 0.05) is 38.0 Å². The number of aliphatic hydroxyl groups excluding tert-OH is 1. The summed E-state index contributed by atoms with van der Waals surface area (Å²) in [5.41, 5.74) is 0.506. The highest BCUT2D eigenvalue weighted by molar-refractivity contribution is 6.31. The summed E-state index contributed by atoms with van der Waals surface area (Å²) in [4.78, 5) is 43.3. The van der Waals surface area contributed by atoms with Gasteiger partial charge in [0.1, 0.15) is 18.2 Å². The number of likely N-dealkylation sites (N-methyl/N-ethyl adjacent to an activating group) is 1. The van der Waals surface area contributed by atoms with Crippen LogP contribution in [0.5, 0.6) is 0 Å². The van der Waals surface area contributed by atoms with E-state index < -0.39 is 24.1 Å². The summed E-state index contributed by atoms with van der Waals surface area (Å²) in [6, 6.07) is 13.1. The number of pyridine rings is 1. The minimum Gasteiger partial charge on any atom is -0.447 e. The van der Waals surface area contributed by atoms with Crippen LogP contribution < -0.4 is 10.6 Å². The predicted molar refractivity (Wildman–Crippen MR) is 154 cm³/mol. The van der Waals surface area contributed by atoms with Crippen LogP contribution in [-0.4, -0.2) is 65.2 Å². The van der Waals surface area contributed by atoms with Gasteiger partial charge >= 0.3 is 6.09 Å². The second-order valence-electron chi connectivity index (χ2n) is 9.20. The summed E-state index contributed by atoms with van der Waals surface area (Å²) >= 11 is 6.01. The first kappa shape index (κ1) is 32.5. The number of hydrogen-bond acceptors (Lipinski definition) is 6. The number of nitrogens with one attached hydrogen (secondary N) is 2. The number of carbonyl (C=O) groups excluding carboxylic acids is 3. The molecule has 3 rings (SSSR count). The second kappa shape index (κ2) is 15.7. The van der Waals surface area contributed by atoms with E-state index >= 15 is 0 Å². The van der Waals surface area contributed by atoms with Gasteiger partial charge in [-0.3, -0.25) is 14.9 Å². The number of amides is 3. The van der Waals surface area contributed by atoms with Crippen LogP contribution in [0.25, 0.3) is 10.8 Å². The third-order valence-electron chi connectivity index (χ3n) is 6.15. The van der Waals surface area contributed by atoms with E-state index in [1.54, 1.807) is 32.3 Å². The molecule has 9 nitrogen and oxygen atoms in total. The molecular formula is C29H36ClFN4O5. The second-order valence-corrected chi connectivity index (χ2v) is 9.58. The molecule has 0 saturated heterocycles. The monoisotopic (exact) mass is 574 g/mol. The highest BCUT2D eigenvalue weighted by Crippen LogP contribution is 2.22. The molecule has 3 N–H and O–H groups in total. The molecule has 0 fully saturated rings. The maximum Gasteiger partial charge on any atom is 0.412 e. The number of aryl methyl sites for hydroxylation is 1. The molecule has 0 aliphatic rings. The molecule has 216 valence electrons. The van der Waals surface area contributed by atoms with Crippen LogP contribution in [0, 0.1) is 5.82 Å². The van der Waals surface area contributed by atoms with Crippen LogP contribution in [0.1, 0.15) is 39.2 Å². The highest BCUT2D eigenvalue weighted by atomic mass is 35.5. The summed E-state index contributed by atoms with van der Waals surface area (Å²) in [6.45, 7) is 1.48. The number of anilines is 1. The lowest BCUT2D eigenvalue weighted by atomic mass is 10.1. The topological polar surface area (TPSA) is 121 Å². The zero-order chi connectivity index (χ0) is 28.4. The van der Waals surface area contributed by atoms with Crippen molar-refractivity contribution in [2.75, 3.05) is 25.5 Å². The van der Waals surface area contributed by atoms with E-state index in [0.717, 1.165) is 10.8 Å². The van der Waals surface area contributed by atoms with E-state index in [2.05, 4.69) is 15.6 Å². The number of halogens is 2. The zero-order valence-corrected chi connectivity index (χ0v) is 22.6. The van der Waals surface area contributed by atoms with Crippen molar-refractivity contribution in [2.24, 2.45) is 0 Å². The van der Waals surface area contributed by atoms with Crippen molar-refractivity contribution in [3.63, 3.8) is 0 Å². The predicted octanol–water partition coefficient (Wildman–Crippen LogP) is 4.95. The van der Waals surface area contributed by atoms with Gasteiger partial charge in [-0.05, 0) is 42.8 Å². The number of benzene rings is 2. The Balaban J connectivity index is 0.00000560. The van der Waals surface area contributed by atoms with Gasteiger partial charge in [0.2, 0.25) is 11.8 Å². The van der Waals surface area contributed by atoms with Crippen LogP contribution in [-0.2, 0) is 20.7 Å². The number of ether oxygens (including phenoxy) is 1.